The Morgan fingerprint density at radius 2 is 2.08 bits per heavy atom. The molecule has 0 spiro atoms. The summed E-state index contributed by atoms with van der Waals surface area (Å²) in [4.78, 5) is 12.1. The predicted molar refractivity (Wildman–Crippen MR) is 93.0 cm³/mol. The molecule has 0 aliphatic carbocycles. The van der Waals surface area contributed by atoms with Gasteiger partial charge in [-0.05, 0) is 29.8 Å². The van der Waals surface area contributed by atoms with Gasteiger partial charge in [0.05, 0.1) is 17.8 Å². The predicted octanol–water partition coefficient (Wildman–Crippen LogP) is 2.00. The summed E-state index contributed by atoms with van der Waals surface area (Å²) in [5.74, 6) is 1.15. The Morgan fingerprint density at radius 3 is 2.96 bits per heavy atom. The van der Waals surface area contributed by atoms with Crippen molar-refractivity contribution in [1.82, 2.24) is 20.1 Å². The monoisotopic (exact) mass is 335 g/mol. The van der Waals surface area contributed by atoms with Crippen LogP contribution in [0.4, 0.5) is 5.95 Å². The highest BCUT2D eigenvalue weighted by atomic mass is 16.5. The molecule has 1 aliphatic heterocycles. The van der Waals surface area contributed by atoms with Crippen LogP contribution in [0.2, 0.25) is 0 Å². The van der Waals surface area contributed by atoms with Gasteiger partial charge in [-0.3, -0.25) is 9.36 Å². The highest BCUT2D eigenvalue weighted by molar-refractivity contribution is 5.97. The van der Waals surface area contributed by atoms with Crippen LogP contribution in [-0.4, -0.2) is 33.8 Å². The Bertz CT molecular complexity index is 891. The van der Waals surface area contributed by atoms with Crippen LogP contribution in [0, 0.1) is 0 Å². The Morgan fingerprint density at radius 1 is 1.20 bits per heavy atom. The summed E-state index contributed by atoms with van der Waals surface area (Å²) in [7, 11) is 0. The average Bonchev–Trinajstić information content (AvgIpc) is 3.05. The molecule has 7 heteroatoms. The summed E-state index contributed by atoms with van der Waals surface area (Å²) < 4.78 is 7.45. The van der Waals surface area contributed by atoms with Crippen molar-refractivity contribution in [3.05, 3.63) is 66.0 Å². The SMILES string of the molecule is O=C1NCCOc2ccc(CNc3nncn3-c3ccccc3)cc21. The van der Waals surface area contributed by atoms with Crippen LogP contribution in [0.25, 0.3) is 5.69 Å². The number of carbonyl (C=O) groups excluding carboxylic acids is 1. The average molecular weight is 335 g/mol. The molecule has 0 fully saturated rings. The fourth-order valence-electron chi connectivity index (χ4n) is 2.73. The van der Waals surface area contributed by atoms with E-state index in [0.717, 1.165) is 11.3 Å². The summed E-state index contributed by atoms with van der Waals surface area (Å²) in [6, 6.07) is 15.5. The normalized spacial score (nSPS) is 13.4. The third kappa shape index (κ3) is 3.16. The summed E-state index contributed by atoms with van der Waals surface area (Å²) in [6.07, 6.45) is 1.66. The van der Waals surface area contributed by atoms with E-state index < -0.39 is 0 Å². The van der Waals surface area contributed by atoms with Crippen molar-refractivity contribution in [3.8, 4) is 11.4 Å². The van der Waals surface area contributed by atoms with E-state index in [4.69, 9.17) is 4.74 Å². The zero-order chi connectivity index (χ0) is 17.1. The van der Waals surface area contributed by atoms with E-state index >= 15 is 0 Å². The van der Waals surface area contributed by atoms with E-state index in [2.05, 4.69) is 20.8 Å². The Hall–Kier alpha value is -3.35. The number of nitrogens with zero attached hydrogens (tertiary/aromatic N) is 3. The number of hydrogen-bond acceptors (Lipinski definition) is 5. The van der Waals surface area contributed by atoms with E-state index in [0.29, 0.717) is 37.0 Å². The smallest absolute Gasteiger partial charge is 0.255 e. The molecule has 25 heavy (non-hydrogen) atoms. The molecule has 0 atom stereocenters. The number of aromatic nitrogens is 3. The lowest BCUT2D eigenvalue weighted by atomic mass is 10.1. The lowest BCUT2D eigenvalue weighted by molar-refractivity contribution is 0.0957. The second kappa shape index (κ2) is 6.64. The number of fused-ring (bicyclic) bond motifs is 1. The fraction of sp³-hybridized carbons (Fsp3) is 0.167. The highest BCUT2D eigenvalue weighted by Gasteiger charge is 2.16. The van der Waals surface area contributed by atoms with Crippen molar-refractivity contribution in [1.29, 1.82) is 0 Å². The lowest BCUT2D eigenvalue weighted by Crippen LogP contribution is -2.24. The minimum Gasteiger partial charge on any atom is -0.491 e. The molecular weight excluding hydrogens is 318 g/mol. The molecule has 126 valence electrons. The Labute approximate surface area is 144 Å². The van der Waals surface area contributed by atoms with Crippen LogP contribution in [0.5, 0.6) is 5.75 Å². The minimum absolute atomic E-state index is 0.109. The first-order valence-electron chi connectivity index (χ1n) is 8.04. The highest BCUT2D eigenvalue weighted by Crippen LogP contribution is 2.22. The van der Waals surface area contributed by atoms with Gasteiger partial charge >= 0.3 is 0 Å². The number of anilines is 1. The van der Waals surface area contributed by atoms with Crippen molar-refractivity contribution in [2.24, 2.45) is 0 Å². The summed E-state index contributed by atoms with van der Waals surface area (Å²) in [5, 5.41) is 14.2. The standard InChI is InChI=1S/C18H17N5O2/c24-17-15-10-13(6-7-16(15)25-9-8-19-17)11-20-18-22-21-12-23(18)14-4-2-1-3-5-14/h1-7,10,12H,8-9,11H2,(H,19,24)(H,20,22). The summed E-state index contributed by atoms with van der Waals surface area (Å²) >= 11 is 0. The van der Waals surface area contributed by atoms with Gasteiger partial charge in [-0.2, -0.15) is 0 Å². The molecule has 2 heterocycles. The molecule has 0 unspecified atom stereocenters. The van der Waals surface area contributed by atoms with Gasteiger partial charge in [-0.15, -0.1) is 10.2 Å². The molecule has 1 aliphatic rings. The lowest BCUT2D eigenvalue weighted by Gasteiger charge is -2.11. The summed E-state index contributed by atoms with van der Waals surface area (Å²) in [6.45, 7) is 1.52. The second-order valence-corrected chi connectivity index (χ2v) is 5.65. The molecule has 2 aromatic carbocycles. The van der Waals surface area contributed by atoms with Crippen molar-refractivity contribution in [2.75, 3.05) is 18.5 Å². The van der Waals surface area contributed by atoms with Crippen LogP contribution >= 0.6 is 0 Å². The van der Waals surface area contributed by atoms with Crippen LogP contribution in [0.3, 0.4) is 0 Å². The Balaban J connectivity index is 1.53. The molecule has 7 nitrogen and oxygen atoms in total. The number of nitrogens with one attached hydrogen (secondary N) is 2. The first-order chi connectivity index (χ1) is 12.3. The third-order valence-corrected chi connectivity index (χ3v) is 3.97. The molecular formula is C18H17N5O2. The van der Waals surface area contributed by atoms with Gasteiger partial charge in [0.15, 0.2) is 0 Å². The molecule has 0 saturated carbocycles. The first kappa shape index (κ1) is 15.2. The van der Waals surface area contributed by atoms with Gasteiger partial charge in [-0.1, -0.05) is 24.3 Å². The van der Waals surface area contributed by atoms with Gasteiger partial charge in [0.1, 0.15) is 18.7 Å². The van der Waals surface area contributed by atoms with Gasteiger partial charge in [0.25, 0.3) is 5.91 Å². The van der Waals surface area contributed by atoms with E-state index in [1.807, 2.05) is 53.1 Å². The zero-order valence-electron chi connectivity index (χ0n) is 13.5. The number of ether oxygens (including phenoxy) is 1. The van der Waals surface area contributed by atoms with Crippen molar-refractivity contribution < 1.29 is 9.53 Å². The maximum Gasteiger partial charge on any atom is 0.255 e. The number of rotatable bonds is 4. The molecule has 2 N–H and O–H groups in total. The molecule has 1 aromatic heterocycles. The molecule has 0 bridgehead atoms. The zero-order valence-corrected chi connectivity index (χ0v) is 13.5. The number of para-hydroxylation sites is 1. The van der Waals surface area contributed by atoms with Crippen molar-refractivity contribution in [3.63, 3.8) is 0 Å². The van der Waals surface area contributed by atoms with Crippen LogP contribution in [0.1, 0.15) is 15.9 Å². The van der Waals surface area contributed by atoms with Crippen molar-refractivity contribution in [2.45, 2.75) is 6.54 Å². The largest absolute Gasteiger partial charge is 0.491 e. The molecule has 1 amide bonds. The third-order valence-electron chi connectivity index (χ3n) is 3.97. The van der Waals surface area contributed by atoms with E-state index in [1.165, 1.54) is 0 Å². The number of carbonyl (C=O) groups is 1. The number of hydrogen-bond donors (Lipinski definition) is 2. The number of amides is 1. The molecule has 4 rings (SSSR count). The van der Waals surface area contributed by atoms with Gasteiger partial charge in [0, 0.05) is 6.54 Å². The fourth-order valence-corrected chi connectivity index (χ4v) is 2.73. The molecule has 0 radical (unpaired) electrons. The minimum atomic E-state index is -0.109. The number of benzene rings is 2. The maximum atomic E-state index is 12.1. The van der Waals surface area contributed by atoms with Crippen LogP contribution in [0.15, 0.2) is 54.9 Å². The maximum absolute atomic E-state index is 12.1. The topological polar surface area (TPSA) is 81.1 Å². The molecule has 0 saturated heterocycles. The van der Waals surface area contributed by atoms with Gasteiger partial charge < -0.3 is 15.4 Å². The summed E-state index contributed by atoms with van der Waals surface area (Å²) in [5.41, 5.74) is 2.49. The van der Waals surface area contributed by atoms with Crippen molar-refractivity contribution >= 4 is 11.9 Å². The first-order valence-corrected chi connectivity index (χ1v) is 8.04. The van der Waals surface area contributed by atoms with Gasteiger partial charge in [-0.25, -0.2) is 0 Å². The quantitative estimate of drug-likeness (QED) is 0.762. The van der Waals surface area contributed by atoms with Gasteiger partial charge in [0.2, 0.25) is 5.95 Å². The van der Waals surface area contributed by atoms with E-state index in [-0.39, 0.29) is 5.91 Å². The second-order valence-electron chi connectivity index (χ2n) is 5.65. The molecule has 3 aromatic rings. The van der Waals surface area contributed by atoms with E-state index in [9.17, 15) is 4.79 Å². The van der Waals surface area contributed by atoms with Crippen LogP contribution in [-0.2, 0) is 6.54 Å². The van der Waals surface area contributed by atoms with Crippen LogP contribution < -0.4 is 15.4 Å². The van der Waals surface area contributed by atoms with E-state index in [1.54, 1.807) is 6.33 Å². The Kier molecular flexibility index (Phi) is 4.04.